The molecule has 3 heterocycles. The lowest BCUT2D eigenvalue weighted by Gasteiger charge is -2.22. The van der Waals surface area contributed by atoms with Gasteiger partial charge in [0, 0.05) is 23.4 Å². The summed E-state index contributed by atoms with van der Waals surface area (Å²) in [6.45, 7) is -0.508. The van der Waals surface area contributed by atoms with E-state index in [0.717, 1.165) is 11.1 Å². The van der Waals surface area contributed by atoms with E-state index in [9.17, 15) is 22.8 Å². The first-order chi connectivity index (χ1) is 17.2. The van der Waals surface area contributed by atoms with Gasteiger partial charge in [0.25, 0.3) is 5.89 Å². The molecule has 36 heavy (non-hydrogen) atoms. The number of rotatable bonds is 5. The number of carbonyl (C=O) groups is 2. The van der Waals surface area contributed by atoms with Crippen LogP contribution in [0, 0.1) is 0 Å². The van der Waals surface area contributed by atoms with Gasteiger partial charge in [-0.15, -0.1) is 0 Å². The normalized spacial score (nSPS) is 15.2. The van der Waals surface area contributed by atoms with Crippen LogP contribution in [0.25, 0.3) is 11.4 Å². The van der Waals surface area contributed by atoms with Crippen molar-refractivity contribution >= 4 is 34.8 Å². The van der Waals surface area contributed by atoms with E-state index in [0.29, 0.717) is 23.1 Å². The molecule has 2 aromatic carbocycles. The molecule has 2 amide bonds. The summed E-state index contributed by atoms with van der Waals surface area (Å²) in [5, 5.41) is 10.9. The quantitative estimate of drug-likeness (QED) is 0.537. The van der Waals surface area contributed by atoms with Crippen molar-refractivity contribution in [1.29, 1.82) is 0 Å². The Hall–Kier alpha value is -4.13. The molecule has 186 valence electrons. The van der Waals surface area contributed by atoms with Crippen molar-refractivity contribution in [2.75, 3.05) is 18.7 Å². The third-order valence-corrected chi connectivity index (χ3v) is 5.50. The van der Waals surface area contributed by atoms with E-state index < -0.39 is 35.8 Å². The first-order valence-electron chi connectivity index (χ1n) is 10.5. The lowest BCUT2D eigenvalue weighted by atomic mass is 10.1. The Labute approximate surface area is 205 Å². The fourth-order valence-electron chi connectivity index (χ4n) is 3.56. The molecule has 0 atom stereocenters. The van der Waals surface area contributed by atoms with Crippen molar-refractivity contribution in [3.8, 4) is 22.9 Å². The van der Waals surface area contributed by atoms with Crippen LogP contribution in [-0.2, 0) is 15.8 Å². The lowest BCUT2D eigenvalue weighted by Crippen LogP contribution is -2.38. The molecule has 0 spiro atoms. The molecule has 2 aliphatic rings. The molecule has 0 saturated heterocycles. The smallest absolute Gasteiger partial charge is 0.418 e. The summed E-state index contributed by atoms with van der Waals surface area (Å²) < 4.78 is 55.8. The molecule has 0 aliphatic carbocycles. The molecular formula is C22H15ClF3N5O5. The second-order valence-corrected chi connectivity index (χ2v) is 8.16. The van der Waals surface area contributed by atoms with Crippen LogP contribution in [0.15, 0.2) is 46.0 Å². The molecule has 14 heteroatoms. The van der Waals surface area contributed by atoms with Gasteiger partial charge in [-0.3, -0.25) is 9.59 Å². The van der Waals surface area contributed by atoms with Crippen molar-refractivity contribution in [2.45, 2.75) is 19.0 Å². The average Bonchev–Trinajstić information content (AvgIpc) is 3.50. The van der Waals surface area contributed by atoms with E-state index in [-0.39, 0.29) is 42.1 Å². The minimum absolute atomic E-state index is 0.0113. The Morgan fingerprint density at radius 3 is 2.72 bits per heavy atom. The Balaban J connectivity index is 1.32. The second kappa shape index (κ2) is 9.15. The van der Waals surface area contributed by atoms with Gasteiger partial charge in [0.15, 0.2) is 11.5 Å². The van der Waals surface area contributed by atoms with Crippen molar-refractivity contribution in [3.63, 3.8) is 0 Å². The van der Waals surface area contributed by atoms with Crippen LogP contribution in [0.2, 0.25) is 5.02 Å². The number of hydrazone groups is 1. The van der Waals surface area contributed by atoms with Crippen LogP contribution >= 0.6 is 11.6 Å². The number of carbonyl (C=O) groups excluding carboxylic acids is 2. The third kappa shape index (κ3) is 4.82. The van der Waals surface area contributed by atoms with Crippen molar-refractivity contribution in [1.82, 2.24) is 15.1 Å². The SMILES string of the molecule is O=C(CN1N=C(c2nc(-c3ccc4c(c3)OCO4)no2)CCC1=O)Nc1ccc(Cl)cc1C(F)(F)F. The largest absolute Gasteiger partial charge is 0.454 e. The Bertz CT molecular complexity index is 1390. The van der Waals surface area contributed by atoms with Gasteiger partial charge >= 0.3 is 6.18 Å². The average molecular weight is 522 g/mol. The van der Waals surface area contributed by atoms with Crippen molar-refractivity contribution < 1.29 is 36.8 Å². The van der Waals surface area contributed by atoms with Gasteiger partial charge in [0.05, 0.1) is 11.3 Å². The monoisotopic (exact) mass is 521 g/mol. The number of anilines is 1. The summed E-state index contributed by atoms with van der Waals surface area (Å²) in [7, 11) is 0. The Kier molecular flexibility index (Phi) is 6.00. The highest BCUT2D eigenvalue weighted by molar-refractivity contribution is 6.30. The fraction of sp³-hybridized carbons (Fsp3) is 0.227. The van der Waals surface area contributed by atoms with Crippen LogP contribution in [-0.4, -0.2) is 46.0 Å². The number of hydrogen-bond donors (Lipinski definition) is 1. The first-order valence-corrected chi connectivity index (χ1v) is 10.8. The number of ether oxygens (including phenoxy) is 2. The lowest BCUT2D eigenvalue weighted by molar-refractivity contribution is -0.137. The molecule has 0 unspecified atom stereocenters. The third-order valence-electron chi connectivity index (χ3n) is 5.26. The number of alkyl halides is 3. The van der Waals surface area contributed by atoms with E-state index >= 15 is 0 Å². The summed E-state index contributed by atoms with van der Waals surface area (Å²) in [5.41, 5.74) is -0.749. The zero-order chi connectivity index (χ0) is 25.4. The number of amides is 2. The molecule has 0 fully saturated rings. The van der Waals surface area contributed by atoms with Crippen LogP contribution in [0.5, 0.6) is 11.5 Å². The van der Waals surface area contributed by atoms with Gasteiger partial charge in [-0.1, -0.05) is 16.8 Å². The molecule has 0 bridgehead atoms. The highest BCUT2D eigenvalue weighted by atomic mass is 35.5. The minimum Gasteiger partial charge on any atom is -0.454 e. The maximum atomic E-state index is 13.3. The van der Waals surface area contributed by atoms with Crippen LogP contribution in [0.3, 0.4) is 0 Å². The van der Waals surface area contributed by atoms with Gasteiger partial charge in [0.1, 0.15) is 12.3 Å². The predicted molar refractivity (Wildman–Crippen MR) is 118 cm³/mol. The van der Waals surface area contributed by atoms with Gasteiger partial charge in [0.2, 0.25) is 24.4 Å². The van der Waals surface area contributed by atoms with Crippen molar-refractivity contribution in [3.05, 3.63) is 52.9 Å². The molecule has 3 aromatic rings. The fourth-order valence-corrected chi connectivity index (χ4v) is 3.73. The van der Waals surface area contributed by atoms with Crippen molar-refractivity contribution in [2.24, 2.45) is 5.10 Å². The molecular weight excluding hydrogens is 507 g/mol. The number of hydrogen-bond acceptors (Lipinski definition) is 8. The number of aromatic nitrogens is 2. The number of nitrogens with zero attached hydrogens (tertiary/aromatic N) is 4. The standard InChI is InChI=1S/C22H15ClF3N5O5/c23-12-2-3-14(13(8-12)22(24,25)26)27-18(32)9-31-19(33)6-4-15(29-31)21-28-20(30-36-21)11-1-5-16-17(7-11)35-10-34-16/h1-3,5,7-8H,4,6,9-10H2,(H,27,32). The molecule has 2 aliphatic heterocycles. The molecule has 1 aromatic heterocycles. The topological polar surface area (TPSA) is 119 Å². The van der Waals surface area contributed by atoms with E-state index in [1.165, 1.54) is 6.07 Å². The number of fused-ring (bicyclic) bond motifs is 1. The maximum Gasteiger partial charge on any atom is 0.418 e. The van der Waals surface area contributed by atoms with Gasteiger partial charge in [-0.05, 0) is 36.4 Å². The Morgan fingerprint density at radius 1 is 1.11 bits per heavy atom. The summed E-state index contributed by atoms with van der Waals surface area (Å²) >= 11 is 5.66. The highest BCUT2D eigenvalue weighted by Crippen LogP contribution is 2.37. The molecule has 0 saturated carbocycles. The maximum absolute atomic E-state index is 13.3. The van der Waals surface area contributed by atoms with E-state index in [4.69, 9.17) is 25.6 Å². The van der Waals surface area contributed by atoms with Crippen LogP contribution in [0.4, 0.5) is 18.9 Å². The zero-order valence-electron chi connectivity index (χ0n) is 18.1. The predicted octanol–water partition coefficient (Wildman–Crippen LogP) is 4.10. The summed E-state index contributed by atoms with van der Waals surface area (Å²) in [5.74, 6) is 0.0371. The zero-order valence-corrected chi connectivity index (χ0v) is 18.9. The number of nitrogens with one attached hydrogen (secondary N) is 1. The summed E-state index contributed by atoms with van der Waals surface area (Å²) in [4.78, 5) is 29.1. The second-order valence-electron chi connectivity index (χ2n) is 7.73. The first kappa shape index (κ1) is 23.6. The summed E-state index contributed by atoms with van der Waals surface area (Å²) in [6.07, 6.45) is -4.58. The molecule has 1 N–H and O–H groups in total. The molecule has 5 rings (SSSR count). The number of halogens is 4. The Morgan fingerprint density at radius 2 is 1.92 bits per heavy atom. The van der Waals surface area contributed by atoms with Crippen LogP contribution in [0.1, 0.15) is 24.3 Å². The molecule has 0 radical (unpaired) electrons. The number of benzene rings is 2. The van der Waals surface area contributed by atoms with Gasteiger partial charge in [-0.2, -0.15) is 23.3 Å². The molecule has 10 nitrogen and oxygen atoms in total. The highest BCUT2D eigenvalue weighted by Gasteiger charge is 2.34. The van der Waals surface area contributed by atoms with E-state index in [1.54, 1.807) is 18.2 Å². The van der Waals surface area contributed by atoms with Gasteiger partial charge < -0.3 is 19.3 Å². The van der Waals surface area contributed by atoms with E-state index in [2.05, 4.69) is 20.6 Å². The minimum atomic E-state index is -4.74. The van der Waals surface area contributed by atoms with E-state index in [1.807, 2.05) is 0 Å². The van der Waals surface area contributed by atoms with Crippen LogP contribution < -0.4 is 14.8 Å². The summed E-state index contributed by atoms with van der Waals surface area (Å²) in [6, 6.07) is 8.05. The van der Waals surface area contributed by atoms with Gasteiger partial charge in [-0.25, -0.2) is 5.01 Å².